The Labute approximate surface area is 124 Å². The van der Waals surface area contributed by atoms with Gasteiger partial charge in [-0.1, -0.05) is 18.5 Å². The van der Waals surface area contributed by atoms with Crippen molar-refractivity contribution in [2.75, 3.05) is 7.05 Å². The van der Waals surface area contributed by atoms with E-state index in [2.05, 4.69) is 24.1 Å². The second-order valence-corrected chi connectivity index (χ2v) is 5.05. The quantitative estimate of drug-likeness (QED) is 0.888. The second-order valence-electron chi connectivity index (χ2n) is 4.64. The van der Waals surface area contributed by atoms with Crippen LogP contribution in [0.1, 0.15) is 31.1 Å². The maximum absolute atomic E-state index is 6.10. The van der Waals surface area contributed by atoms with Crippen molar-refractivity contribution in [2.24, 2.45) is 0 Å². The van der Waals surface area contributed by atoms with Crippen LogP contribution in [-0.4, -0.2) is 12.0 Å². The highest BCUT2D eigenvalue weighted by molar-refractivity contribution is 6.31. The van der Waals surface area contributed by atoms with Gasteiger partial charge in [0.15, 0.2) is 0 Å². The lowest BCUT2D eigenvalue weighted by Crippen LogP contribution is -2.13. The lowest BCUT2D eigenvalue weighted by atomic mass is 10.1. The third-order valence-corrected chi connectivity index (χ3v) is 3.64. The highest BCUT2D eigenvalue weighted by Crippen LogP contribution is 2.26. The number of ether oxygens (including phenoxy) is 1. The average Bonchev–Trinajstić information content (AvgIpc) is 2.49. The van der Waals surface area contributed by atoms with Crippen molar-refractivity contribution in [3.63, 3.8) is 0 Å². The third kappa shape index (κ3) is 3.50. The minimum atomic E-state index is 0.228. The number of pyridine rings is 1. The fourth-order valence-corrected chi connectivity index (χ4v) is 2.13. The standard InChI is InChI=1S/C16H19ClN2O/c1-4-12-9-13(5-7-15(12)17)20-14-6-8-16(19-10-14)11(2)18-3/h5-11,18H,4H2,1-3H3. The Kier molecular flexibility index (Phi) is 4.99. The Morgan fingerprint density at radius 2 is 2.00 bits per heavy atom. The molecular weight excluding hydrogens is 272 g/mol. The topological polar surface area (TPSA) is 34.1 Å². The number of aryl methyl sites for hydroxylation is 1. The average molecular weight is 291 g/mol. The van der Waals surface area contributed by atoms with Gasteiger partial charge in [-0.05, 0) is 56.3 Å². The Balaban J connectivity index is 2.14. The summed E-state index contributed by atoms with van der Waals surface area (Å²) in [7, 11) is 1.91. The van der Waals surface area contributed by atoms with Crippen LogP contribution in [0, 0.1) is 0 Å². The van der Waals surface area contributed by atoms with Gasteiger partial charge in [-0.25, -0.2) is 0 Å². The van der Waals surface area contributed by atoms with Crippen LogP contribution in [0.25, 0.3) is 0 Å². The summed E-state index contributed by atoms with van der Waals surface area (Å²) in [6, 6.07) is 9.81. The summed E-state index contributed by atoms with van der Waals surface area (Å²) < 4.78 is 5.80. The van der Waals surface area contributed by atoms with Gasteiger partial charge in [-0.2, -0.15) is 0 Å². The molecule has 1 N–H and O–H groups in total. The third-order valence-electron chi connectivity index (χ3n) is 3.27. The molecule has 1 aromatic heterocycles. The smallest absolute Gasteiger partial charge is 0.145 e. The van der Waals surface area contributed by atoms with Crippen LogP contribution >= 0.6 is 11.6 Å². The first-order chi connectivity index (χ1) is 9.63. The van der Waals surface area contributed by atoms with Crippen LogP contribution in [0.4, 0.5) is 0 Å². The molecule has 0 saturated heterocycles. The zero-order chi connectivity index (χ0) is 14.5. The highest BCUT2D eigenvalue weighted by Gasteiger charge is 2.06. The van der Waals surface area contributed by atoms with E-state index in [1.54, 1.807) is 6.20 Å². The van der Waals surface area contributed by atoms with Crippen molar-refractivity contribution in [3.05, 3.63) is 52.8 Å². The van der Waals surface area contributed by atoms with E-state index in [-0.39, 0.29) is 6.04 Å². The van der Waals surface area contributed by atoms with Gasteiger partial charge < -0.3 is 10.1 Å². The molecule has 4 heteroatoms. The molecule has 0 amide bonds. The molecule has 0 fully saturated rings. The number of nitrogens with zero attached hydrogens (tertiary/aromatic N) is 1. The predicted molar refractivity (Wildman–Crippen MR) is 82.6 cm³/mol. The van der Waals surface area contributed by atoms with Gasteiger partial charge in [0.1, 0.15) is 11.5 Å². The first kappa shape index (κ1) is 14.8. The largest absolute Gasteiger partial charge is 0.456 e. The Bertz CT molecular complexity index is 569. The summed E-state index contributed by atoms with van der Waals surface area (Å²) in [6.45, 7) is 4.13. The van der Waals surface area contributed by atoms with E-state index in [9.17, 15) is 0 Å². The first-order valence-corrected chi connectivity index (χ1v) is 7.11. The summed E-state index contributed by atoms with van der Waals surface area (Å²) >= 11 is 6.10. The van der Waals surface area contributed by atoms with Crippen LogP contribution in [-0.2, 0) is 6.42 Å². The van der Waals surface area contributed by atoms with Crippen LogP contribution in [0.3, 0.4) is 0 Å². The summed E-state index contributed by atoms with van der Waals surface area (Å²) in [6.07, 6.45) is 2.62. The number of benzene rings is 1. The molecule has 0 radical (unpaired) electrons. The van der Waals surface area contributed by atoms with E-state index in [1.165, 1.54) is 0 Å². The second kappa shape index (κ2) is 6.73. The lowest BCUT2D eigenvalue weighted by molar-refractivity contribution is 0.478. The molecule has 0 aliphatic rings. The normalized spacial score (nSPS) is 12.2. The molecule has 0 spiro atoms. The number of hydrogen-bond donors (Lipinski definition) is 1. The molecule has 0 aliphatic heterocycles. The Morgan fingerprint density at radius 1 is 1.25 bits per heavy atom. The molecule has 2 aromatic rings. The van der Waals surface area contributed by atoms with Crippen molar-refractivity contribution in [2.45, 2.75) is 26.3 Å². The number of aromatic nitrogens is 1. The SMILES string of the molecule is CCc1cc(Oc2ccc(C(C)NC)nc2)ccc1Cl. The minimum Gasteiger partial charge on any atom is -0.456 e. The fraction of sp³-hybridized carbons (Fsp3) is 0.312. The molecule has 1 aromatic carbocycles. The molecule has 0 bridgehead atoms. The fourth-order valence-electron chi connectivity index (χ4n) is 1.88. The molecule has 0 saturated carbocycles. The number of halogens is 1. The van der Waals surface area contributed by atoms with Crippen molar-refractivity contribution < 1.29 is 4.74 Å². The maximum atomic E-state index is 6.10. The van der Waals surface area contributed by atoms with Gasteiger partial charge >= 0.3 is 0 Å². The van der Waals surface area contributed by atoms with Crippen LogP contribution in [0.2, 0.25) is 5.02 Å². The van der Waals surface area contributed by atoms with E-state index in [4.69, 9.17) is 16.3 Å². The molecule has 0 aliphatic carbocycles. The van der Waals surface area contributed by atoms with Crippen molar-refractivity contribution >= 4 is 11.6 Å². The van der Waals surface area contributed by atoms with Gasteiger partial charge in [0.25, 0.3) is 0 Å². The number of hydrogen-bond acceptors (Lipinski definition) is 3. The summed E-state index contributed by atoms with van der Waals surface area (Å²) in [5, 5.41) is 3.93. The van der Waals surface area contributed by atoms with E-state index in [0.717, 1.165) is 34.2 Å². The van der Waals surface area contributed by atoms with E-state index in [1.807, 2.05) is 37.4 Å². The van der Waals surface area contributed by atoms with Gasteiger partial charge in [0.2, 0.25) is 0 Å². The van der Waals surface area contributed by atoms with Crippen molar-refractivity contribution in [3.8, 4) is 11.5 Å². The van der Waals surface area contributed by atoms with Crippen LogP contribution in [0.15, 0.2) is 36.5 Å². The molecule has 20 heavy (non-hydrogen) atoms. The highest BCUT2D eigenvalue weighted by atomic mass is 35.5. The monoisotopic (exact) mass is 290 g/mol. The predicted octanol–water partition coefficient (Wildman–Crippen LogP) is 4.37. The van der Waals surface area contributed by atoms with Crippen LogP contribution < -0.4 is 10.1 Å². The van der Waals surface area contributed by atoms with Gasteiger partial charge in [0.05, 0.1) is 11.9 Å². The summed E-state index contributed by atoms with van der Waals surface area (Å²) in [4.78, 5) is 4.39. The van der Waals surface area contributed by atoms with Gasteiger partial charge in [0, 0.05) is 11.1 Å². The molecule has 3 nitrogen and oxygen atoms in total. The van der Waals surface area contributed by atoms with Crippen molar-refractivity contribution in [1.29, 1.82) is 0 Å². The Morgan fingerprint density at radius 3 is 2.60 bits per heavy atom. The summed E-state index contributed by atoms with van der Waals surface area (Å²) in [5.41, 5.74) is 2.07. The zero-order valence-corrected chi connectivity index (χ0v) is 12.7. The van der Waals surface area contributed by atoms with E-state index >= 15 is 0 Å². The number of nitrogens with one attached hydrogen (secondary N) is 1. The molecular formula is C16H19ClN2O. The molecule has 1 unspecified atom stereocenters. The minimum absolute atomic E-state index is 0.228. The number of rotatable bonds is 5. The van der Waals surface area contributed by atoms with E-state index < -0.39 is 0 Å². The zero-order valence-electron chi connectivity index (χ0n) is 12.0. The van der Waals surface area contributed by atoms with Gasteiger partial charge in [-0.15, -0.1) is 0 Å². The summed E-state index contributed by atoms with van der Waals surface area (Å²) in [5.74, 6) is 1.50. The van der Waals surface area contributed by atoms with E-state index in [0.29, 0.717) is 0 Å². The lowest BCUT2D eigenvalue weighted by Gasteiger charge is -2.11. The van der Waals surface area contributed by atoms with Gasteiger partial charge in [-0.3, -0.25) is 4.98 Å². The first-order valence-electron chi connectivity index (χ1n) is 6.73. The van der Waals surface area contributed by atoms with Crippen molar-refractivity contribution in [1.82, 2.24) is 10.3 Å². The molecule has 2 rings (SSSR count). The van der Waals surface area contributed by atoms with Crippen LogP contribution in [0.5, 0.6) is 11.5 Å². The molecule has 106 valence electrons. The Hall–Kier alpha value is -1.58. The maximum Gasteiger partial charge on any atom is 0.145 e. The molecule has 1 heterocycles. The molecule has 1 atom stereocenters.